The lowest BCUT2D eigenvalue weighted by atomic mass is 10.2. The number of ether oxygens (including phenoxy) is 1. The zero-order valence-corrected chi connectivity index (χ0v) is 17.7. The quantitative estimate of drug-likeness (QED) is 0.596. The summed E-state index contributed by atoms with van der Waals surface area (Å²) >= 11 is 0. The summed E-state index contributed by atoms with van der Waals surface area (Å²) in [5, 5.41) is 3.34. The van der Waals surface area contributed by atoms with Crippen LogP contribution in [-0.4, -0.2) is 89.7 Å². The van der Waals surface area contributed by atoms with Gasteiger partial charge in [-0.1, -0.05) is 6.07 Å². The van der Waals surface area contributed by atoms with E-state index in [2.05, 4.69) is 14.9 Å². The molecule has 28 heavy (non-hydrogen) atoms. The Morgan fingerprint density at radius 1 is 1.29 bits per heavy atom. The van der Waals surface area contributed by atoms with Crippen LogP contribution in [0.2, 0.25) is 0 Å². The third-order valence-corrected chi connectivity index (χ3v) is 6.57. The van der Waals surface area contributed by atoms with E-state index in [-0.39, 0.29) is 29.8 Å². The maximum absolute atomic E-state index is 12.9. The number of halogens is 1. The first-order valence-corrected chi connectivity index (χ1v) is 10.8. The van der Waals surface area contributed by atoms with Crippen LogP contribution in [0.1, 0.15) is 16.8 Å². The molecule has 2 fully saturated rings. The van der Waals surface area contributed by atoms with Crippen molar-refractivity contribution < 1.29 is 17.9 Å². The molecule has 1 aromatic rings. The van der Waals surface area contributed by atoms with Crippen molar-refractivity contribution in [2.45, 2.75) is 17.4 Å². The van der Waals surface area contributed by atoms with Crippen LogP contribution in [0.4, 0.5) is 0 Å². The number of methoxy groups -OCH3 is 1. The van der Waals surface area contributed by atoms with E-state index in [1.165, 1.54) is 19.2 Å². The van der Waals surface area contributed by atoms with Crippen LogP contribution < -0.4 is 10.0 Å². The molecule has 0 aromatic heterocycles. The number of nitrogens with one attached hydrogen (secondary N) is 2. The van der Waals surface area contributed by atoms with Crippen LogP contribution in [0.15, 0.2) is 29.2 Å². The number of likely N-dealkylation sites (tertiary alicyclic amines) is 1. The van der Waals surface area contributed by atoms with Gasteiger partial charge in [0.2, 0.25) is 10.0 Å². The number of amides is 1. The van der Waals surface area contributed by atoms with E-state index in [1.54, 1.807) is 12.1 Å². The highest BCUT2D eigenvalue weighted by Gasteiger charge is 2.31. The smallest absolute Gasteiger partial charge is 0.253 e. The minimum Gasteiger partial charge on any atom is -0.383 e. The fourth-order valence-corrected chi connectivity index (χ4v) is 4.67. The summed E-state index contributed by atoms with van der Waals surface area (Å²) in [5.41, 5.74) is 0.408. The number of rotatable bonds is 7. The number of piperazine rings is 1. The number of sulfonamides is 1. The fraction of sp³-hybridized carbons (Fsp3) is 0.611. The molecule has 1 unspecified atom stereocenters. The molecule has 2 heterocycles. The first-order valence-electron chi connectivity index (χ1n) is 9.34. The number of hydrogen-bond donors (Lipinski definition) is 2. The standard InChI is InChI=1S/C18H28N4O4S.ClH/c1-26-12-8-20-27(24,25)17-4-2-3-15(13-17)18(23)22-9-5-16(14-22)21-10-6-19-7-11-21;/h2-4,13,16,19-20H,5-12,14H2,1H3;1H. The zero-order valence-electron chi connectivity index (χ0n) is 16.1. The Labute approximate surface area is 173 Å². The van der Waals surface area contributed by atoms with Crippen molar-refractivity contribution in [3.8, 4) is 0 Å². The Morgan fingerprint density at radius 3 is 2.75 bits per heavy atom. The van der Waals surface area contributed by atoms with Crippen molar-refractivity contribution in [1.82, 2.24) is 19.8 Å². The van der Waals surface area contributed by atoms with E-state index < -0.39 is 10.0 Å². The van der Waals surface area contributed by atoms with Gasteiger partial charge in [-0.15, -0.1) is 12.4 Å². The van der Waals surface area contributed by atoms with Gasteiger partial charge in [0, 0.05) is 64.5 Å². The first kappa shape index (κ1) is 23.1. The van der Waals surface area contributed by atoms with E-state index in [4.69, 9.17) is 4.74 Å². The Kier molecular flexibility index (Phi) is 8.66. The van der Waals surface area contributed by atoms with Crippen LogP contribution in [0.3, 0.4) is 0 Å². The van der Waals surface area contributed by atoms with Gasteiger partial charge < -0.3 is 15.0 Å². The van der Waals surface area contributed by atoms with Crippen molar-refractivity contribution in [2.24, 2.45) is 0 Å². The number of benzene rings is 1. The lowest BCUT2D eigenvalue weighted by molar-refractivity contribution is 0.0773. The Bertz CT molecular complexity index is 756. The summed E-state index contributed by atoms with van der Waals surface area (Å²) in [6.07, 6.45) is 0.961. The van der Waals surface area contributed by atoms with Crippen molar-refractivity contribution >= 4 is 28.3 Å². The normalized spacial score (nSPS) is 20.8. The third-order valence-electron chi connectivity index (χ3n) is 5.11. The number of carbonyl (C=O) groups is 1. The van der Waals surface area contributed by atoms with Gasteiger partial charge in [-0.2, -0.15) is 0 Å². The van der Waals surface area contributed by atoms with E-state index in [1.807, 2.05) is 4.90 Å². The van der Waals surface area contributed by atoms with E-state index in [9.17, 15) is 13.2 Å². The minimum absolute atomic E-state index is 0. The maximum Gasteiger partial charge on any atom is 0.253 e. The second kappa shape index (κ2) is 10.5. The van der Waals surface area contributed by atoms with E-state index >= 15 is 0 Å². The summed E-state index contributed by atoms with van der Waals surface area (Å²) in [4.78, 5) is 17.2. The number of carbonyl (C=O) groups excluding carboxylic acids is 1. The highest BCUT2D eigenvalue weighted by atomic mass is 35.5. The van der Waals surface area contributed by atoms with Gasteiger partial charge in [-0.25, -0.2) is 13.1 Å². The molecule has 8 nitrogen and oxygen atoms in total. The highest BCUT2D eigenvalue weighted by Crippen LogP contribution is 2.20. The average Bonchev–Trinajstić information content (AvgIpc) is 3.18. The van der Waals surface area contributed by atoms with Gasteiger partial charge in [0.1, 0.15) is 0 Å². The van der Waals surface area contributed by atoms with Crippen LogP contribution in [0, 0.1) is 0 Å². The Hall–Kier alpha value is -1.23. The molecule has 1 atom stereocenters. The molecule has 0 bridgehead atoms. The highest BCUT2D eigenvalue weighted by molar-refractivity contribution is 7.89. The predicted molar refractivity (Wildman–Crippen MR) is 110 cm³/mol. The third kappa shape index (κ3) is 5.65. The average molecular weight is 433 g/mol. The molecule has 0 aliphatic carbocycles. The zero-order chi connectivity index (χ0) is 19.3. The minimum atomic E-state index is -3.66. The van der Waals surface area contributed by atoms with Gasteiger partial charge in [-0.05, 0) is 24.6 Å². The first-order chi connectivity index (χ1) is 13.0. The molecule has 2 saturated heterocycles. The molecule has 2 N–H and O–H groups in total. The predicted octanol–water partition coefficient (Wildman–Crippen LogP) is 0.153. The molecular weight excluding hydrogens is 404 g/mol. The van der Waals surface area contributed by atoms with Gasteiger partial charge >= 0.3 is 0 Å². The lowest BCUT2D eigenvalue weighted by Crippen LogP contribution is -2.49. The molecule has 1 aromatic carbocycles. The number of hydrogen-bond acceptors (Lipinski definition) is 6. The van der Waals surface area contributed by atoms with Crippen LogP contribution in [0.5, 0.6) is 0 Å². The maximum atomic E-state index is 12.9. The molecule has 0 saturated carbocycles. The van der Waals surface area contributed by atoms with E-state index in [0.29, 0.717) is 31.3 Å². The largest absolute Gasteiger partial charge is 0.383 e. The van der Waals surface area contributed by atoms with E-state index in [0.717, 1.165) is 32.6 Å². The van der Waals surface area contributed by atoms with Crippen LogP contribution >= 0.6 is 12.4 Å². The molecule has 2 aliphatic heterocycles. The second-order valence-corrected chi connectivity index (χ2v) is 8.66. The van der Waals surface area contributed by atoms with Crippen LogP contribution in [0.25, 0.3) is 0 Å². The van der Waals surface area contributed by atoms with Crippen molar-refractivity contribution in [1.29, 1.82) is 0 Å². The molecule has 2 aliphatic rings. The molecule has 158 valence electrons. The van der Waals surface area contributed by atoms with Gasteiger partial charge in [-0.3, -0.25) is 9.69 Å². The molecule has 3 rings (SSSR count). The van der Waals surface area contributed by atoms with Crippen molar-refractivity contribution in [2.75, 3.05) is 59.5 Å². The molecule has 0 radical (unpaired) electrons. The van der Waals surface area contributed by atoms with Gasteiger partial charge in [0.05, 0.1) is 11.5 Å². The van der Waals surface area contributed by atoms with Gasteiger partial charge in [0.25, 0.3) is 5.91 Å². The van der Waals surface area contributed by atoms with Crippen LogP contribution in [-0.2, 0) is 14.8 Å². The monoisotopic (exact) mass is 432 g/mol. The second-order valence-electron chi connectivity index (χ2n) is 6.90. The summed E-state index contributed by atoms with van der Waals surface area (Å²) in [6, 6.07) is 6.63. The molecular formula is C18H29ClN4O4S. The van der Waals surface area contributed by atoms with Gasteiger partial charge in [0.15, 0.2) is 0 Å². The van der Waals surface area contributed by atoms with Crippen molar-refractivity contribution in [3.05, 3.63) is 29.8 Å². The van der Waals surface area contributed by atoms with Crippen molar-refractivity contribution in [3.63, 3.8) is 0 Å². The molecule has 1 amide bonds. The number of nitrogens with zero attached hydrogens (tertiary/aromatic N) is 2. The lowest BCUT2D eigenvalue weighted by Gasteiger charge is -2.32. The topological polar surface area (TPSA) is 91.0 Å². The Balaban J connectivity index is 0.00000280. The Morgan fingerprint density at radius 2 is 2.04 bits per heavy atom. The molecule has 0 spiro atoms. The SMILES string of the molecule is COCCNS(=O)(=O)c1cccc(C(=O)N2CCC(N3CCNCC3)C2)c1.Cl. The summed E-state index contributed by atoms with van der Waals surface area (Å²) in [6.45, 7) is 5.87. The summed E-state index contributed by atoms with van der Waals surface area (Å²) < 4.78 is 32.1. The summed E-state index contributed by atoms with van der Waals surface area (Å²) in [7, 11) is -2.14. The summed E-state index contributed by atoms with van der Waals surface area (Å²) in [5.74, 6) is -0.110. The molecule has 10 heteroatoms. The fourth-order valence-electron chi connectivity index (χ4n) is 3.61.